The van der Waals surface area contributed by atoms with Gasteiger partial charge in [-0.15, -0.1) is 0 Å². The Labute approximate surface area is 385 Å². The van der Waals surface area contributed by atoms with Crippen molar-refractivity contribution in [1.29, 1.82) is 0 Å². The van der Waals surface area contributed by atoms with Crippen molar-refractivity contribution in [3.05, 3.63) is 11.6 Å². The lowest BCUT2D eigenvalue weighted by Gasteiger charge is -2.71. The van der Waals surface area contributed by atoms with Crippen LogP contribution >= 0.6 is 0 Å². The topological polar surface area (TPSA) is 312 Å². The first-order chi connectivity index (χ1) is 30.7. The average molecular weight is 943 g/mol. The summed E-state index contributed by atoms with van der Waals surface area (Å²) in [7, 11) is 0. The first-order valence-corrected chi connectivity index (χ1v) is 23.8. The predicted molar refractivity (Wildman–Crippen MR) is 226 cm³/mol. The van der Waals surface area contributed by atoms with E-state index in [4.69, 9.17) is 28.4 Å². The standard InChI is InChI=1S/C47H74O19/c1-20-28(51)31(54)33(56)37(62-20)64-35-29(52)24(50)19-61-39(35)66-41(60)47-14-12-42(2,3)16-22(47)21-8-9-26-43(4)17-23(49)36(65-38-34(57)32(55)30(53)25(18-48)63-38)46(7,40(58)59)27(43)10-11-45(26,6)44(21,5)13-15-47/h8,20,22-39,48-57H,9-19H2,1-7H3,(H,58,59)/t20-,22-,23-,24-,25+,26+,27+,28-,29-,30+,31+,32-,33+,34+,35+,36-,37-,38-,39+,43+,44+,45+,46-,47-/m0/s1. The Morgan fingerprint density at radius 2 is 1.35 bits per heavy atom. The molecule has 0 aromatic carbocycles. The smallest absolute Gasteiger partial charge is 0.315 e. The van der Waals surface area contributed by atoms with Crippen LogP contribution < -0.4 is 0 Å². The largest absolute Gasteiger partial charge is 0.481 e. The van der Waals surface area contributed by atoms with Gasteiger partial charge >= 0.3 is 11.9 Å². The minimum atomic E-state index is -1.79. The van der Waals surface area contributed by atoms with E-state index in [1.807, 2.05) is 0 Å². The number of hydrogen-bond donors (Lipinski definition) is 11. The van der Waals surface area contributed by atoms with Crippen molar-refractivity contribution in [2.24, 2.45) is 50.2 Å². The number of hydrogen-bond acceptors (Lipinski definition) is 18. The highest BCUT2D eigenvalue weighted by Gasteiger charge is 2.73. The summed E-state index contributed by atoms with van der Waals surface area (Å²) in [6.07, 6.45) is -17.5. The maximum absolute atomic E-state index is 15.0. The third-order valence-corrected chi connectivity index (χ3v) is 19.0. The lowest BCUT2D eigenvalue weighted by atomic mass is 9.33. The van der Waals surface area contributed by atoms with E-state index >= 15 is 4.79 Å². The molecule has 3 heterocycles. The van der Waals surface area contributed by atoms with Gasteiger partial charge in [0.05, 0.1) is 36.3 Å². The molecule has 0 bridgehead atoms. The second-order valence-electron chi connectivity index (χ2n) is 22.9. The molecule has 0 spiro atoms. The number of aliphatic hydroxyl groups is 10. The highest BCUT2D eigenvalue weighted by molar-refractivity contribution is 5.79. The molecule has 0 unspecified atom stereocenters. The fourth-order valence-electron chi connectivity index (χ4n) is 14.7. The quantitative estimate of drug-likeness (QED) is 0.0856. The van der Waals surface area contributed by atoms with Crippen LogP contribution in [0, 0.1) is 50.2 Å². The molecule has 66 heavy (non-hydrogen) atoms. The first kappa shape index (κ1) is 50.5. The van der Waals surface area contributed by atoms with E-state index in [2.05, 4.69) is 40.7 Å². The number of ether oxygens (including phenoxy) is 6. The number of carbonyl (C=O) groups excluding carboxylic acids is 1. The average Bonchev–Trinajstić information content (AvgIpc) is 3.25. The van der Waals surface area contributed by atoms with Crippen LogP contribution in [-0.2, 0) is 38.0 Å². The normalized spacial score (nSPS) is 54.7. The van der Waals surface area contributed by atoms with E-state index in [0.717, 1.165) is 5.57 Å². The number of esters is 1. The molecule has 24 atom stereocenters. The van der Waals surface area contributed by atoms with Gasteiger partial charge in [-0.2, -0.15) is 0 Å². The molecular formula is C47H74O19. The fraction of sp³-hybridized carbons (Fsp3) is 0.915. The number of aliphatic carboxylic acids is 1. The third-order valence-electron chi connectivity index (χ3n) is 19.0. The first-order valence-electron chi connectivity index (χ1n) is 23.8. The molecule has 4 saturated carbocycles. The summed E-state index contributed by atoms with van der Waals surface area (Å²) in [5, 5.41) is 118. The van der Waals surface area contributed by atoms with Crippen molar-refractivity contribution >= 4 is 11.9 Å². The van der Waals surface area contributed by atoms with E-state index in [1.54, 1.807) is 6.92 Å². The van der Waals surface area contributed by atoms with Gasteiger partial charge in [-0.05, 0) is 111 Å². The molecule has 3 saturated heterocycles. The van der Waals surface area contributed by atoms with Gasteiger partial charge in [0, 0.05) is 0 Å². The summed E-state index contributed by atoms with van der Waals surface area (Å²) in [5.74, 6) is -2.70. The second-order valence-corrected chi connectivity index (χ2v) is 22.9. The van der Waals surface area contributed by atoms with Crippen LogP contribution in [0.1, 0.15) is 106 Å². The maximum atomic E-state index is 15.0. The third kappa shape index (κ3) is 7.56. The monoisotopic (exact) mass is 942 g/mol. The van der Waals surface area contributed by atoms with Crippen LogP contribution in [0.2, 0.25) is 0 Å². The van der Waals surface area contributed by atoms with Crippen molar-refractivity contribution in [2.75, 3.05) is 13.2 Å². The number of carboxylic acid groups (broad SMARTS) is 1. The molecule has 19 nitrogen and oxygen atoms in total. The van der Waals surface area contributed by atoms with Crippen LogP contribution in [0.25, 0.3) is 0 Å². The van der Waals surface area contributed by atoms with E-state index in [1.165, 1.54) is 6.92 Å². The predicted octanol–water partition coefficient (Wildman–Crippen LogP) is -0.157. The van der Waals surface area contributed by atoms with Crippen molar-refractivity contribution in [3.63, 3.8) is 0 Å². The summed E-state index contributed by atoms with van der Waals surface area (Å²) in [6.45, 7) is 12.9. The summed E-state index contributed by atoms with van der Waals surface area (Å²) < 4.78 is 35.4. The Hall–Kier alpha value is -1.92. The van der Waals surface area contributed by atoms with Crippen LogP contribution in [0.15, 0.2) is 11.6 Å². The molecule has 0 aromatic rings. The SMILES string of the molecule is C[C@@H]1O[C@@H](O[C@H]2[C@@H](OC(=O)[C@]34CCC(C)(C)C[C@H]3C3=CC[C@@H]5[C@@]6(C)C[C@H](O)[C@H](O[C@@H]7O[C@H](CO)[C@@H](O)[C@H](O)[C@H]7O)[C@@](C)(C(=O)O)[C@@H]6CC[C@@]5(C)[C@]3(C)CC4)OC[C@H](O)[C@@H]2O)[C@H](O)[C@H](O)[C@H]1O. The lowest BCUT2D eigenvalue weighted by molar-refractivity contribution is -0.350. The van der Waals surface area contributed by atoms with Crippen molar-refractivity contribution in [2.45, 2.75) is 204 Å². The second kappa shape index (κ2) is 17.4. The Kier molecular flexibility index (Phi) is 13.3. The molecule has 0 aromatic heterocycles. The Balaban J connectivity index is 1.08. The van der Waals surface area contributed by atoms with Crippen LogP contribution in [0.4, 0.5) is 0 Å². The highest BCUT2D eigenvalue weighted by Crippen LogP contribution is 2.76. The number of rotatable bonds is 8. The van der Waals surface area contributed by atoms with Gasteiger partial charge in [-0.25, -0.2) is 0 Å². The van der Waals surface area contributed by atoms with Gasteiger partial charge in [0.2, 0.25) is 6.29 Å². The lowest BCUT2D eigenvalue weighted by Crippen LogP contribution is -2.70. The summed E-state index contributed by atoms with van der Waals surface area (Å²) in [6, 6.07) is 0. The minimum Gasteiger partial charge on any atom is -0.481 e. The van der Waals surface area contributed by atoms with Crippen LogP contribution in [0.5, 0.6) is 0 Å². The number of allylic oxidation sites excluding steroid dienone is 2. The van der Waals surface area contributed by atoms with E-state index in [0.29, 0.717) is 51.4 Å². The maximum Gasteiger partial charge on any atom is 0.315 e. The molecule has 3 aliphatic heterocycles. The minimum absolute atomic E-state index is 0.128. The molecule has 8 aliphatic rings. The Morgan fingerprint density at radius 3 is 2.00 bits per heavy atom. The van der Waals surface area contributed by atoms with Gasteiger partial charge in [-0.1, -0.05) is 46.3 Å². The Morgan fingerprint density at radius 1 is 0.712 bits per heavy atom. The van der Waals surface area contributed by atoms with Crippen molar-refractivity contribution in [1.82, 2.24) is 0 Å². The number of carbonyl (C=O) groups is 2. The molecule has 7 fully saturated rings. The zero-order chi connectivity index (χ0) is 48.4. The zero-order valence-corrected chi connectivity index (χ0v) is 39.0. The molecule has 0 radical (unpaired) electrons. The zero-order valence-electron chi connectivity index (χ0n) is 39.0. The molecule has 11 N–H and O–H groups in total. The number of carboxylic acids is 1. The molecule has 0 amide bonds. The van der Waals surface area contributed by atoms with Gasteiger partial charge in [-0.3, -0.25) is 9.59 Å². The van der Waals surface area contributed by atoms with Crippen molar-refractivity contribution < 1.29 is 94.2 Å². The molecular weight excluding hydrogens is 868 g/mol. The van der Waals surface area contributed by atoms with Crippen molar-refractivity contribution in [3.8, 4) is 0 Å². The number of aliphatic hydroxyl groups excluding tert-OH is 10. The van der Waals surface area contributed by atoms with Crippen LogP contribution in [0.3, 0.4) is 0 Å². The molecule has 8 rings (SSSR count). The van der Waals surface area contributed by atoms with E-state index in [-0.39, 0.29) is 30.3 Å². The molecule has 19 heteroatoms. The van der Waals surface area contributed by atoms with Gasteiger partial charge < -0.3 is 84.6 Å². The van der Waals surface area contributed by atoms with Crippen LogP contribution in [-0.4, -0.2) is 180 Å². The fourth-order valence-corrected chi connectivity index (χ4v) is 14.7. The van der Waals surface area contributed by atoms with E-state index in [9.17, 15) is 61.0 Å². The van der Waals surface area contributed by atoms with Gasteiger partial charge in [0.1, 0.15) is 61.0 Å². The molecule has 5 aliphatic carbocycles. The highest BCUT2D eigenvalue weighted by atomic mass is 16.8. The van der Waals surface area contributed by atoms with Gasteiger partial charge in [0.25, 0.3) is 0 Å². The number of fused-ring (bicyclic) bond motifs is 7. The van der Waals surface area contributed by atoms with E-state index < -0.39 is 150 Å². The summed E-state index contributed by atoms with van der Waals surface area (Å²) in [4.78, 5) is 28.7. The molecule has 376 valence electrons. The Bertz CT molecular complexity index is 1860. The van der Waals surface area contributed by atoms with Gasteiger partial charge in [0.15, 0.2) is 18.7 Å². The summed E-state index contributed by atoms with van der Waals surface area (Å²) >= 11 is 0. The summed E-state index contributed by atoms with van der Waals surface area (Å²) in [5.41, 5.74) is -3.43.